The van der Waals surface area contributed by atoms with Crippen molar-refractivity contribution >= 4 is 34.3 Å². The maximum Gasteiger partial charge on any atom is 0.407 e. The average Bonchev–Trinajstić information content (AvgIpc) is 3.17. The number of nitrogens with zero attached hydrogens (tertiary/aromatic N) is 2. The first kappa shape index (κ1) is 22.9. The molecule has 1 aromatic carbocycles. The van der Waals surface area contributed by atoms with Crippen LogP contribution in [0.15, 0.2) is 29.3 Å². The van der Waals surface area contributed by atoms with E-state index in [1.54, 1.807) is 16.2 Å². The number of nitrogen functional groups attached to an aromatic ring is 1. The highest BCUT2D eigenvalue weighted by Gasteiger charge is 2.32. The Labute approximate surface area is 185 Å². The van der Waals surface area contributed by atoms with Gasteiger partial charge in [-0.2, -0.15) is 0 Å². The van der Waals surface area contributed by atoms with E-state index in [1.165, 1.54) is 0 Å². The summed E-state index contributed by atoms with van der Waals surface area (Å²) < 4.78 is 12.8. The van der Waals surface area contributed by atoms with Crippen LogP contribution in [0.4, 0.5) is 10.5 Å². The summed E-state index contributed by atoms with van der Waals surface area (Å²) in [6, 6.07) is 5.65. The molecule has 0 spiro atoms. The van der Waals surface area contributed by atoms with Crippen molar-refractivity contribution in [2.45, 2.75) is 81.5 Å². The topological polar surface area (TPSA) is 103 Å². The summed E-state index contributed by atoms with van der Waals surface area (Å²) >= 11 is 0.513. The second kappa shape index (κ2) is 9.58. The van der Waals surface area contributed by atoms with E-state index in [2.05, 4.69) is 4.98 Å². The lowest BCUT2D eigenvalue weighted by molar-refractivity contribution is 0.0906. The Morgan fingerprint density at radius 2 is 1.93 bits per heavy atom. The first-order valence-electron chi connectivity index (χ1n) is 10.5. The predicted molar refractivity (Wildman–Crippen MR) is 124 cm³/mol. The second-order valence-corrected chi connectivity index (χ2v) is 11.5. The van der Waals surface area contributed by atoms with Crippen molar-refractivity contribution in [1.29, 1.82) is 0 Å². The minimum absolute atomic E-state index is 0.00589. The van der Waals surface area contributed by atoms with E-state index in [9.17, 15) is 14.5 Å². The van der Waals surface area contributed by atoms with Crippen LogP contribution in [0.1, 0.15) is 64.3 Å². The first-order valence-corrected chi connectivity index (χ1v) is 12.5. The van der Waals surface area contributed by atoms with Gasteiger partial charge in [0, 0.05) is 41.5 Å². The molecule has 6 nitrogen and oxygen atoms in total. The fourth-order valence-electron chi connectivity index (χ4n) is 4.16. The molecule has 3 rings (SSSR count). The predicted octanol–water partition coefficient (Wildman–Crippen LogP) is 5.32. The van der Waals surface area contributed by atoms with Crippen molar-refractivity contribution in [3.8, 4) is 10.4 Å². The normalized spacial score (nSPS) is 20.5. The van der Waals surface area contributed by atoms with Gasteiger partial charge in [-0.25, -0.2) is 9.78 Å². The fourth-order valence-corrected chi connectivity index (χ4v) is 6.51. The molecule has 0 aliphatic heterocycles. The van der Waals surface area contributed by atoms with Gasteiger partial charge in [0.15, 0.2) is 4.90 Å². The Bertz CT molecular complexity index is 876. The smallest absolute Gasteiger partial charge is 0.407 e. The number of benzene rings is 1. The lowest BCUT2D eigenvalue weighted by atomic mass is 9.85. The maximum atomic E-state index is 12.8. The van der Waals surface area contributed by atoms with Crippen LogP contribution in [0.5, 0.6) is 0 Å². The number of aromatic nitrogens is 1. The zero-order valence-corrected chi connectivity index (χ0v) is 19.6. The zero-order valence-electron chi connectivity index (χ0n) is 18.0. The highest BCUT2D eigenvalue weighted by Crippen LogP contribution is 2.41. The molecule has 0 radical (unpaired) electrons. The van der Waals surface area contributed by atoms with Gasteiger partial charge in [-0.15, -0.1) is 11.3 Å². The third-order valence-corrected chi connectivity index (χ3v) is 8.48. The molecular formula is C22H31N3O3S2. The molecule has 1 amide bonds. The summed E-state index contributed by atoms with van der Waals surface area (Å²) in [6.45, 7) is 7.74. The quantitative estimate of drug-likeness (QED) is 0.459. The number of amides is 1. The molecule has 1 aromatic heterocycles. The van der Waals surface area contributed by atoms with Gasteiger partial charge in [0.25, 0.3) is 0 Å². The minimum Gasteiger partial charge on any atom is -0.611 e. The van der Waals surface area contributed by atoms with Crippen LogP contribution >= 0.6 is 11.3 Å². The molecule has 3 N–H and O–H groups in total. The van der Waals surface area contributed by atoms with E-state index in [0.717, 1.165) is 46.0 Å². The Kier molecular flexibility index (Phi) is 7.31. The van der Waals surface area contributed by atoms with Gasteiger partial charge in [0.2, 0.25) is 0 Å². The van der Waals surface area contributed by atoms with Crippen molar-refractivity contribution in [3.63, 3.8) is 0 Å². The molecule has 1 fully saturated rings. The number of carbonyl (C=O) groups is 1. The summed E-state index contributed by atoms with van der Waals surface area (Å²) in [6.07, 6.45) is 4.61. The van der Waals surface area contributed by atoms with Gasteiger partial charge >= 0.3 is 6.09 Å². The number of carboxylic acid groups (broad SMARTS) is 1. The Hall–Kier alpha value is -1.77. The van der Waals surface area contributed by atoms with E-state index in [0.29, 0.717) is 11.6 Å². The van der Waals surface area contributed by atoms with Crippen LogP contribution in [0.25, 0.3) is 10.4 Å². The lowest BCUT2D eigenvalue weighted by Crippen LogP contribution is -2.45. The number of anilines is 1. The van der Waals surface area contributed by atoms with Crippen molar-refractivity contribution in [2.24, 2.45) is 0 Å². The Morgan fingerprint density at radius 1 is 1.27 bits per heavy atom. The summed E-state index contributed by atoms with van der Waals surface area (Å²) in [4.78, 5) is 19.6. The average molecular weight is 450 g/mol. The zero-order chi connectivity index (χ0) is 22.0. The summed E-state index contributed by atoms with van der Waals surface area (Å²) in [5.74, 6) is 0.343. The SMILES string of the molecule is CC(C)N(C(=O)O)C1CCC(c2ncc(-c3ccc(N)cc3[S+]([O-])C(C)C)s2)CC1. The molecule has 0 bridgehead atoms. The third-order valence-electron chi connectivity index (χ3n) is 5.66. The molecule has 1 aliphatic carbocycles. The second-order valence-electron chi connectivity index (χ2n) is 8.45. The monoisotopic (exact) mass is 449 g/mol. The van der Waals surface area contributed by atoms with Gasteiger partial charge in [-0.05, 0) is 76.7 Å². The molecule has 8 heteroatoms. The van der Waals surface area contributed by atoms with Crippen LogP contribution in [-0.4, -0.2) is 43.0 Å². The number of nitrogens with two attached hydrogens (primary N) is 1. The lowest BCUT2D eigenvalue weighted by Gasteiger charge is -2.37. The summed E-state index contributed by atoms with van der Waals surface area (Å²) in [5.41, 5.74) is 7.50. The van der Waals surface area contributed by atoms with Crippen molar-refractivity contribution in [1.82, 2.24) is 9.88 Å². The Balaban J connectivity index is 1.76. The van der Waals surface area contributed by atoms with Crippen LogP contribution in [-0.2, 0) is 11.2 Å². The van der Waals surface area contributed by atoms with Crippen LogP contribution in [0, 0.1) is 0 Å². The minimum atomic E-state index is -1.13. The first-order chi connectivity index (χ1) is 14.2. The summed E-state index contributed by atoms with van der Waals surface area (Å²) in [7, 11) is 0. The highest BCUT2D eigenvalue weighted by molar-refractivity contribution is 7.92. The van der Waals surface area contributed by atoms with Crippen LogP contribution in [0.3, 0.4) is 0 Å². The van der Waals surface area contributed by atoms with Crippen LogP contribution in [0.2, 0.25) is 0 Å². The molecule has 1 aliphatic rings. The molecule has 30 heavy (non-hydrogen) atoms. The number of hydrogen-bond acceptors (Lipinski definition) is 5. The molecule has 164 valence electrons. The highest BCUT2D eigenvalue weighted by atomic mass is 32.2. The molecule has 1 atom stereocenters. The van der Waals surface area contributed by atoms with Gasteiger partial charge in [0.05, 0.1) is 9.88 Å². The molecule has 2 aromatic rings. The largest absolute Gasteiger partial charge is 0.611 e. The van der Waals surface area contributed by atoms with Crippen LogP contribution < -0.4 is 5.73 Å². The summed E-state index contributed by atoms with van der Waals surface area (Å²) in [5, 5.41) is 10.6. The fraction of sp³-hybridized carbons (Fsp3) is 0.545. The van der Waals surface area contributed by atoms with Crippen molar-refractivity contribution in [3.05, 3.63) is 29.4 Å². The van der Waals surface area contributed by atoms with E-state index < -0.39 is 17.3 Å². The molecule has 0 saturated heterocycles. The molecule has 1 unspecified atom stereocenters. The van der Waals surface area contributed by atoms with Crippen molar-refractivity contribution in [2.75, 3.05) is 5.73 Å². The van der Waals surface area contributed by atoms with Crippen molar-refractivity contribution < 1.29 is 14.5 Å². The van der Waals surface area contributed by atoms with E-state index in [1.807, 2.05) is 52.1 Å². The number of hydrogen-bond donors (Lipinski definition) is 2. The van der Waals surface area contributed by atoms with Gasteiger partial charge < -0.3 is 20.3 Å². The van der Waals surface area contributed by atoms with E-state index in [-0.39, 0.29) is 17.3 Å². The maximum absolute atomic E-state index is 12.8. The van der Waals surface area contributed by atoms with E-state index >= 15 is 0 Å². The molecule has 1 heterocycles. The number of thiazole rings is 1. The standard InChI is InChI=1S/C22H31N3O3S2/c1-13(2)25(22(26)27)17-8-5-15(6-9-17)21-24-12-19(29-21)18-10-7-16(23)11-20(18)30(28)14(3)4/h7,10-15,17H,5-6,8-9,23H2,1-4H3,(H,26,27). The van der Waals surface area contributed by atoms with Gasteiger partial charge in [0.1, 0.15) is 5.25 Å². The molecule has 1 saturated carbocycles. The van der Waals surface area contributed by atoms with E-state index in [4.69, 9.17) is 5.73 Å². The van der Waals surface area contributed by atoms with Gasteiger partial charge in [-0.3, -0.25) is 0 Å². The third kappa shape index (κ3) is 4.92. The molecular weight excluding hydrogens is 418 g/mol. The Morgan fingerprint density at radius 3 is 2.50 bits per heavy atom. The van der Waals surface area contributed by atoms with Gasteiger partial charge in [-0.1, -0.05) is 0 Å². The number of rotatable bonds is 6.